The summed E-state index contributed by atoms with van der Waals surface area (Å²) in [5.74, 6) is 1.31. The normalized spacial score (nSPS) is 16.2. The van der Waals surface area contributed by atoms with Gasteiger partial charge in [0.05, 0.1) is 25.8 Å². The largest absolute Gasteiger partial charge is 0.379 e. The van der Waals surface area contributed by atoms with Gasteiger partial charge in [-0.15, -0.1) is 34.2 Å². The Morgan fingerprint density at radius 3 is 2.62 bits per heavy atom. The Labute approximate surface area is 188 Å². The molecule has 1 aliphatic heterocycles. The Balaban J connectivity index is 0.00000300. The zero-order valence-corrected chi connectivity index (χ0v) is 19.2. The van der Waals surface area contributed by atoms with Crippen LogP contribution in [0.4, 0.5) is 4.39 Å². The van der Waals surface area contributed by atoms with E-state index in [1.165, 1.54) is 12.1 Å². The molecule has 0 bridgehead atoms. The molecule has 1 unspecified atom stereocenters. The third kappa shape index (κ3) is 6.61. The van der Waals surface area contributed by atoms with Gasteiger partial charge in [0, 0.05) is 33.2 Å². The highest BCUT2D eigenvalue weighted by atomic mass is 127. The Hall–Kier alpha value is -1.79. The fraction of sp³-hybridized carbons (Fsp3) is 0.526. The van der Waals surface area contributed by atoms with Crippen molar-refractivity contribution < 1.29 is 9.13 Å². The minimum atomic E-state index is -0.227. The van der Waals surface area contributed by atoms with Crippen LogP contribution < -0.4 is 10.6 Å². The quantitative estimate of drug-likeness (QED) is 0.332. The van der Waals surface area contributed by atoms with Gasteiger partial charge in [0.2, 0.25) is 0 Å². The van der Waals surface area contributed by atoms with Gasteiger partial charge in [0.15, 0.2) is 11.8 Å². The lowest BCUT2D eigenvalue weighted by Crippen LogP contribution is -2.46. The number of aliphatic imine (C=N–C) groups is 1. The van der Waals surface area contributed by atoms with E-state index in [1.807, 2.05) is 16.7 Å². The molecule has 2 N–H and O–H groups in total. The first-order valence-corrected chi connectivity index (χ1v) is 9.59. The van der Waals surface area contributed by atoms with Gasteiger partial charge in [-0.2, -0.15) is 0 Å². The summed E-state index contributed by atoms with van der Waals surface area (Å²) in [4.78, 5) is 6.65. The lowest BCUT2D eigenvalue weighted by molar-refractivity contribution is 0.0170. The standard InChI is InChI=1S/C19H28FN7O.HI/c1-3-26-14-24-25-18(26)13-23-19(21-2)22-12-17(27-8-10-28-11-9-27)15-4-6-16(20)7-5-15;/h4-7,14,17H,3,8-13H2,1-2H3,(H2,21,22,23);1H. The molecule has 0 aliphatic carbocycles. The highest BCUT2D eigenvalue weighted by Gasteiger charge is 2.23. The Bertz CT molecular complexity index is 762. The van der Waals surface area contributed by atoms with Crippen LogP contribution in [0.2, 0.25) is 0 Å². The molecule has 1 fully saturated rings. The second kappa shape index (κ2) is 12.0. The van der Waals surface area contributed by atoms with Crippen LogP contribution >= 0.6 is 24.0 Å². The van der Waals surface area contributed by atoms with Crippen LogP contribution in [0.1, 0.15) is 24.4 Å². The molecule has 1 saturated heterocycles. The summed E-state index contributed by atoms with van der Waals surface area (Å²) in [6.45, 7) is 7.15. The summed E-state index contributed by atoms with van der Waals surface area (Å²) in [6.07, 6.45) is 1.72. The molecule has 0 saturated carbocycles. The van der Waals surface area contributed by atoms with Crippen LogP contribution in [-0.4, -0.2) is 65.5 Å². The van der Waals surface area contributed by atoms with E-state index in [1.54, 1.807) is 13.4 Å². The summed E-state index contributed by atoms with van der Waals surface area (Å²) in [6, 6.07) is 6.80. The SMILES string of the molecule is CCn1cnnc1CNC(=NC)NCC(c1ccc(F)cc1)N1CCOCC1.I. The highest BCUT2D eigenvalue weighted by molar-refractivity contribution is 14.0. The number of guanidine groups is 1. The summed E-state index contributed by atoms with van der Waals surface area (Å²) >= 11 is 0. The minimum absolute atomic E-state index is 0. The second-order valence-corrected chi connectivity index (χ2v) is 6.56. The van der Waals surface area contributed by atoms with Crippen LogP contribution in [0.25, 0.3) is 0 Å². The van der Waals surface area contributed by atoms with Gasteiger partial charge in [0.1, 0.15) is 12.1 Å². The van der Waals surface area contributed by atoms with Crippen LogP contribution in [0.5, 0.6) is 0 Å². The van der Waals surface area contributed by atoms with E-state index < -0.39 is 0 Å². The first kappa shape index (κ1) is 23.5. The third-order valence-electron chi connectivity index (χ3n) is 4.88. The van der Waals surface area contributed by atoms with Crippen molar-refractivity contribution in [1.82, 2.24) is 30.3 Å². The van der Waals surface area contributed by atoms with Crippen LogP contribution in [0, 0.1) is 5.82 Å². The number of hydrogen-bond donors (Lipinski definition) is 2. The van der Waals surface area contributed by atoms with Crippen molar-refractivity contribution >= 4 is 29.9 Å². The number of benzene rings is 1. The van der Waals surface area contributed by atoms with Gasteiger partial charge < -0.3 is 19.9 Å². The molecule has 0 radical (unpaired) electrons. The number of hydrogen-bond acceptors (Lipinski definition) is 5. The zero-order valence-electron chi connectivity index (χ0n) is 16.8. The van der Waals surface area contributed by atoms with Crippen molar-refractivity contribution in [1.29, 1.82) is 0 Å². The Kier molecular flexibility index (Phi) is 9.74. The number of nitrogens with one attached hydrogen (secondary N) is 2. The van der Waals surface area contributed by atoms with E-state index in [0.717, 1.165) is 31.0 Å². The third-order valence-corrected chi connectivity index (χ3v) is 4.88. The number of halogens is 2. The number of morpholine rings is 1. The molecule has 0 spiro atoms. The molecule has 1 aromatic carbocycles. The molecule has 29 heavy (non-hydrogen) atoms. The molecule has 1 aromatic heterocycles. The van der Waals surface area contributed by atoms with Crippen molar-refractivity contribution in [3.8, 4) is 0 Å². The second-order valence-electron chi connectivity index (χ2n) is 6.56. The zero-order chi connectivity index (χ0) is 19.8. The molecule has 1 aliphatic rings. The monoisotopic (exact) mass is 517 g/mol. The number of ether oxygens (including phenoxy) is 1. The smallest absolute Gasteiger partial charge is 0.191 e. The van der Waals surface area contributed by atoms with Crippen LogP contribution in [0.15, 0.2) is 35.6 Å². The maximum atomic E-state index is 13.4. The van der Waals surface area contributed by atoms with Gasteiger partial charge in [-0.1, -0.05) is 12.1 Å². The summed E-state index contributed by atoms with van der Waals surface area (Å²) < 4.78 is 20.8. The predicted molar refractivity (Wildman–Crippen MR) is 121 cm³/mol. The van der Waals surface area contributed by atoms with Gasteiger partial charge in [0.25, 0.3) is 0 Å². The van der Waals surface area contributed by atoms with E-state index in [0.29, 0.717) is 32.3 Å². The van der Waals surface area contributed by atoms with E-state index >= 15 is 0 Å². The summed E-state index contributed by atoms with van der Waals surface area (Å²) in [5.41, 5.74) is 1.07. The molecular formula is C19H29FIN7O. The first-order chi connectivity index (χ1) is 13.7. The summed E-state index contributed by atoms with van der Waals surface area (Å²) in [5, 5.41) is 14.7. The van der Waals surface area contributed by atoms with Gasteiger partial charge in [-0.25, -0.2) is 4.39 Å². The Morgan fingerprint density at radius 2 is 1.97 bits per heavy atom. The van der Waals surface area contributed by atoms with Crippen molar-refractivity contribution in [2.45, 2.75) is 26.1 Å². The van der Waals surface area contributed by atoms with Crippen molar-refractivity contribution in [2.24, 2.45) is 4.99 Å². The maximum absolute atomic E-state index is 13.4. The van der Waals surface area contributed by atoms with Crippen LogP contribution in [-0.2, 0) is 17.8 Å². The van der Waals surface area contributed by atoms with Crippen LogP contribution in [0.3, 0.4) is 0 Å². The molecule has 3 rings (SSSR count). The average Bonchev–Trinajstić information content (AvgIpc) is 3.20. The minimum Gasteiger partial charge on any atom is -0.379 e. The predicted octanol–water partition coefficient (Wildman–Crippen LogP) is 1.79. The van der Waals surface area contributed by atoms with E-state index in [2.05, 4.69) is 37.6 Å². The van der Waals surface area contributed by atoms with Gasteiger partial charge in [-0.05, 0) is 24.6 Å². The molecule has 2 aromatic rings. The molecule has 0 amide bonds. The number of rotatable bonds is 7. The number of nitrogens with zero attached hydrogens (tertiary/aromatic N) is 5. The molecular weight excluding hydrogens is 488 g/mol. The van der Waals surface area contributed by atoms with E-state index in [4.69, 9.17) is 4.74 Å². The van der Waals surface area contributed by atoms with Gasteiger partial charge in [-0.3, -0.25) is 9.89 Å². The van der Waals surface area contributed by atoms with E-state index in [-0.39, 0.29) is 35.8 Å². The lowest BCUT2D eigenvalue weighted by atomic mass is 10.0. The topological polar surface area (TPSA) is 79.6 Å². The number of aryl methyl sites for hydroxylation is 1. The molecule has 160 valence electrons. The first-order valence-electron chi connectivity index (χ1n) is 9.59. The lowest BCUT2D eigenvalue weighted by Gasteiger charge is -2.35. The van der Waals surface area contributed by atoms with Gasteiger partial charge >= 0.3 is 0 Å². The van der Waals surface area contributed by atoms with Crippen molar-refractivity contribution in [2.75, 3.05) is 39.9 Å². The van der Waals surface area contributed by atoms with E-state index in [9.17, 15) is 4.39 Å². The fourth-order valence-corrected chi connectivity index (χ4v) is 3.29. The molecule has 8 nitrogen and oxygen atoms in total. The molecule has 10 heteroatoms. The molecule has 2 heterocycles. The number of aromatic nitrogens is 3. The fourth-order valence-electron chi connectivity index (χ4n) is 3.29. The van der Waals surface area contributed by atoms with Crippen molar-refractivity contribution in [3.05, 3.63) is 47.8 Å². The average molecular weight is 517 g/mol. The molecule has 1 atom stereocenters. The summed E-state index contributed by atoms with van der Waals surface area (Å²) in [7, 11) is 1.74. The van der Waals surface area contributed by atoms with Crippen molar-refractivity contribution in [3.63, 3.8) is 0 Å². The Morgan fingerprint density at radius 1 is 1.24 bits per heavy atom. The highest BCUT2D eigenvalue weighted by Crippen LogP contribution is 2.21. The maximum Gasteiger partial charge on any atom is 0.191 e.